The van der Waals surface area contributed by atoms with Crippen LogP contribution in [0.1, 0.15) is 23.7 Å². The van der Waals surface area contributed by atoms with E-state index in [1.807, 2.05) is 30.3 Å². The Bertz CT molecular complexity index is 665. The normalized spacial score (nSPS) is 11.6. The van der Waals surface area contributed by atoms with E-state index in [-0.39, 0.29) is 6.03 Å². The molecule has 6 heteroatoms. The Hall–Kier alpha value is -2.24. The highest BCUT2D eigenvalue weighted by Crippen LogP contribution is 2.22. The lowest BCUT2D eigenvalue weighted by atomic mass is 10.1. The molecule has 0 bridgehead atoms. The van der Waals surface area contributed by atoms with Crippen LogP contribution in [0.4, 0.5) is 4.79 Å². The van der Waals surface area contributed by atoms with Gasteiger partial charge in [-0.1, -0.05) is 48.0 Å². The molecule has 0 saturated heterocycles. The highest BCUT2D eigenvalue weighted by molar-refractivity contribution is 6.30. The fraction of sp³-hybridized carbons (Fsp3) is 0.278. The summed E-state index contributed by atoms with van der Waals surface area (Å²) in [6, 6.07) is 14.3. The molecule has 0 aliphatic heterocycles. The van der Waals surface area contributed by atoms with Crippen molar-refractivity contribution in [2.75, 3.05) is 13.7 Å². The molecule has 0 aromatic heterocycles. The predicted molar refractivity (Wildman–Crippen MR) is 94.3 cm³/mol. The predicted octanol–water partition coefficient (Wildman–Crippen LogP) is 3.27. The van der Waals surface area contributed by atoms with Gasteiger partial charge in [-0.05, 0) is 24.1 Å². The largest absolute Gasteiger partial charge is 0.496 e. The van der Waals surface area contributed by atoms with E-state index in [0.29, 0.717) is 30.3 Å². The van der Waals surface area contributed by atoms with Gasteiger partial charge in [0.1, 0.15) is 5.75 Å². The first-order valence-electron chi connectivity index (χ1n) is 7.67. The molecule has 3 N–H and O–H groups in total. The van der Waals surface area contributed by atoms with E-state index in [1.54, 1.807) is 25.3 Å². The monoisotopic (exact) mass is 348 g/mol. The van der Waals surface area contributed by atoms with Gasteiger partial charge in [0.2, 0.25) is 0 Å². The Morgan fingerprint density at radius 1 is 1.21 bits per heavy atom. The Morgan fingerprint density at radius 2 is 1.96 bits per heavy atom. The summed E-state index contributed by atoms with van der Waals surface area (Å²) in [5.74, 6) is 0.627. The molecule has 2 rings (SSSR count). The molecule has 0 aliphatic rings. The summed E-state index contributed by atoms with van der Waals surface area (Å²) in [5.41, 5.74) is 1.67. The van der Waals surface area contributed by atoms with Crippen molar-refractivity contribution < 1.29 is 14.6 Å². The minimum absolute atomic E-state index is 0.299. The zero-order valence-corrected chi connectivity index (χ0v) is 14.2. The molecule has 2 aromatic carbocycles. The van der Waals surface area contributed by atoms with Crippen molar-refractivity contribution in [1.82, 2.24) is 10.6 Å². The number of hydrogen-bond donors (Lipinski definition) is 3. The van der Waals surface area contributed by atoms with Crippen LogP contribution in [-0.2, 0) is 6.54 Å². The fourth-order valence-corrected chi connectivity index (χ4v) is 2.43. The third-order valence-electron chi connectivity index (χ3n) is 3.58. The zero-order valence-electron chi connectivity index (χ0n) is 13.5. The van der Waals surface area contributed by atoms with Crippen molar-refractivity contribution in [3.63, 3.8) is 0 Å². The maximum Gasteiger partial charge on any atom is 0.315 e. The summed E-state index contributed by atoms with van der Waals surface area (Å²) >= 11 is 5.90. The van der Waals surface area contributed by atoms with Crippen molar-refractivity contribution in [3.05, 3.63) is 64.7 Å². The number of benzene rings is 2. The van der Waals surface area contributed by atoms with E-state index >= 15 is 0 Å². The second-order valence-electron chi connectivity index (χ2n) is 5.28. The van der Waals surface area contributed by atoms with E-state index in [9.17, 15) is 9.90 Å². The van der Waals surface area contributed by atoms with E-state index in [2.05, 4.69) is 10.6 Å². The van der Waals surface area contributed by atoms with Crippen LogP contribution in [0.15, 0.2) is 48.5 Å². The van der Waals surface area contributed by atoms with Crippen LogP contribution in [0.5, 0.6) is 5.75 Å². The average Bonchev–Trinajstić information content (AvgIpc) is 2.61. The SMILES string of the molecule is COc1cc(Cl)ccc1CNC(=O)NCCC(O)c1ccccc1. The maximum absolute atomic E-state index is 11.8. The van der Waals surface area contributed by atoms with Crippen LogP contribution in [0.2, 0.25) is 5.02 Å². The second kappa shape index (κ2) is 9.15. The summed E-state index contributed by atoms with van der Waals surface area (Å²) < 4.78 is 5.23. The first-order valence-corrected chi connectivity index (χ1v) is 8.05. The molecule has 1 atom stereocenters. The molecular formula is C18H21ClN2O3. The fourth-order valence-electron chi connectivity index (χ4n) is 2.27. The lowest BCUT2D eigenvalue weighted by Gasteiger charge is -2.13. The quantitative estimate of drug-likeness (QED) is 0.719. The van der Waals surface area contributed by atoms with E-state index in [0.717, 1.165) is 11.1 Å². The van der Waals surface area contributed by atoms with Crippen molar-refractivity contribution in [3.8, 4) is 5.75 Å². The summed E-state index contributed by atoms with van der Waals surface area (Å²) in [5, 5.41) is 16.1. The van der Waals surface area contributed by atoms with Gasteiger partial charge in [0.15, 0.2) is 0 Å². The van der Waals surface area contributed by atoms with Gasteiger partial charge < -0.3 is 20.5 Å². The molecule has 0 heterocycles. The van der Waals surface area contributed by atoms with Crippen molar-refractivity contribution in [2.45, 2.75) is 19.1 Å². The van der Waals surface area contributed by atoms with Crippen molar-refractivity contribution >= 4 is 17.6 Å². The average molecular weight is 349 g/mol. The van der Waals surface area contributed by atoms with Crippen LogP contribution in [0, 0.1) is 0 Å². The number of rotatable bonds is 7. The number of nitrogens with one attached hydrogen (secondary N) is 2. The van der Waals surface area contributed by atoms with Gasteiger partial charge >= 0.3 is 6.03 Å². The molecule has 2 aromatic rings. The van der Waals surface area contributed by atoms with E-state index in [4.69, 9.17) is 16.3 Å². The third kappa shape index (κ3) is 5.44. The first kappa shape index (κ1) is 18.1. The Kier molecular flexibility index (Phi) is 6.90. The summed E-state index contributed by atoms with van der Waals surface area (Å²) in [7, 11) is 1.56. The third-order valence-corrected chi connectivity index (χ3v) is 3.81. The number of urea groups is 1. The van der Waals surface area contributed by atoms with Crippen molar-refractivity contribution in [1.29, 1.82) is 0 Å². The molecule has 2 amide bonds. The standard InChI is InChI=1S/C18H21ClN2O3/c1-24-17-11-15(19)8-7-14(17)12-21-18(23)20-10-9-16(22)13-5-3-2-4-6-13/h2-8,11,16,22H,9-10,12H2,1H3,(H2,20,21,23). The van der Waals surface area contributed by atoms with Gasteiger partial charge in [-0.25, -0.2) is 4.79 Å². The highest BCUT2D eigenvalue weighted by atomic mass is 35.5. The number of carbonyl (C=O) groups is 1. The topological polar surface area (TPSA) is 70.6 Å². The highest BCUT2D eigenvalue weighted by Gasteiger charge is 2.09. The second-order valence-corrected chi connectivity index (χ2v) is 5.72. The van der Waals surface area contributed by atoms with Gasteiger partial charge in [-0.3, -0.25) is 0 Å². The van der Waals surface area contributed by atoms with Crippen LogP contribution in [0.3, 0.4) is 0 Å². The minimum Gasteiger partial charge on any atom is -0.496 e. The Morgan fingerprint density at radius 3 is 2.67 bits per heavy atom. The molecule has 0 saturated carbocycles. The number of carbonyl (C=O) groups excluding carboxylic acids is 1. The van der Waals surface area contributed by atoms with Crippen LogP contribution >= 0.6 is 11.6 Å². The van der Waals surface area contributed by atoms with E-state index in [1.165, 1.54) is 0 Å². The molecular weight excluding hydrogens is 328 g/mol. The van der Waals surface area contributed by atoms with E-state index < -0.39 is 6.10 Å². The molecule has 0 aliphatic carbocycles. The molecule has 24 heavy (non-hydrogen) atoms. The van der Waals surface area contributed by atoms with Crippen LogP contribution in [0.25, 0.3) is 0 Å². The first-order chi connectivity index (χ1) is 11.6. The lowest BCUT2D eigenvalue weighted by molar-refractivity contribution is 0.167. The molecule has 1 unspecified atom stereocenters. The molecule has 5 nitrogen and oxygen atoms in total. The lowest BCUT2D eigenvalue weighted by Crippen LogP contribution is -2.36. The summed E-state index contributed by atoms with van der Waals surface area (Å²) in [6.45, 7) is 0.701. The summed E-state index contributed by atoms with van der Waals surface area (Å²) in [4.78, 5) is 11.8. The Balaban J connectivity index is 1.74. The number of halogens is 1. The molecule has 0 fully saturated rings. The number of amides is 2. The smallest absolute Gasteiger partial charge is 0.315 e. The number of aliphatic hydroxyl groups is 1. The number of hydrogen-bond acceptors (Lipinski definition) is 3. The number of methoxy groups -OCH3 is 1. The number of aliphatic hydroxyl groups excluding tert-OH is 1. The minimum atomic E-state index is -0.595. The summed E-state index contributed by atoms with van der Waals surface area (Å²) in [6.07, 6.45) is -0.148. The van der Waals surface area contributed by atoms with Gasteiger partial charge in [-0.15, -0.1) is 0 Å². The van der Waals surface area contributed by atoms with Crippen molar-refractivity contribution in [2.24, 2.45) is 0 Å². The molecule has 0 spiro atoms. The Labute approximate surface area is 146 Å². The zero-order chi connectivity index (χ0) is 17.4. The van der Waals surface area contributed by atoms with Gasteiger partial charge in [-0.2, -0.15) is 0 Å². The van der Waals surface area contributed by atoms with Gasteiger partial charge in [0.25, 0.3) is 0 Å². The maximum atomic E-state index is 11.8. The van der Waals surface area contributed by atoms with Crippen LogP contribution < -0.4 is 15.4 Å². The molecule has 128 valence electrons. The number of ether oxygens (including phenoxy) is 1. The van der Waals surface area contributed by atoms with Gasteiger partial charge in [0, 0.05) is 23.7 Å². The molecule has 0 radical (unpaired) electrons. The van der Waals surface area contributed by atoms with Crippen LogP contribution in [-0.4, -0.2) is 24.8 Å². The van der Waals surface area contributed by atoms with Gasteiger partial charge in [0.05, 0.1) is 13.2 Å².